The molecule has 2 aromatic rings. The third-order valence-corrected chi connectivity index (χ3v) is 4.96. The van der Waals surface area contributed by atoms with E-state index < -0.39 is 6.04 Å². The molecule has 1 atom stereocenters. The Morgan fingerprint density at radius 1 is 1.15 bits per heavy atom. The zero-order valence-electron chi connectivity index (χ0n) is 13.9. The molecule has 0 spiro atoms. The Kier molecular flexibility index (Phi) is 3.85. The molecular formula is C19H16ClN3O3. The average Bonchev–Trinajstić information content (AvgIpc) is 2.97. The maximum atomic E-state index is 13.1. The topological polar surface area (TPSA) is 72.9 Å². The van der Waals surface area contributed by atoms with Gasteiger partial charge in [-0.2, -0.15) is 0 Å². The second kappa shape index (κ2) is 6.07. The van der Waals surface area contributed by atoms with Crippen molar-refractivity contribution in [2.45, 2.75) is 6.04 Å². The molecule has 0 radical (unpaired) electrons. The minimum atomic E-state index is -0.541. The number of phenols is 1. The molecule has 4 rings (SSSR count). The van der Waals surface area contributed by atoms with Crippen molar-refractivity contribution >= 4 is 29.2 Å². The quantitative estimate of drug-likeness (QED) is 0.854. The van der Waals surface area contributed by atoms with E-state index in [4.69, 9.17) is 11.6 Å². The maximum absolute atomic E-state index is 13.1. The lowest BCUT2D eigenvalue weighted by atomic mass is 9.96. The number of nitrogens with one attached hydrogen (secondary N) is 1. The molecule has 0 saturated carbocycles. The Hall–Kier alpha value is -2.99. The van der Waals surface area contributed by atoms with E-state index in [0.717, 1.165) is 5.56 Å². The van der Waals surface area contributed by atoms with E-state index >= 15 is 0 Å². The van der Waals surface area contributed by atoms with Gasteiger partial charge in [0.25, 0.3) is 5.91 Å². The van der Waals surface area contributed by atoms with Gasteiger partial charge in [0.1, 0.15) is 5.75 Å². The van der Waals surface area contributed by atoms with E-state index in [-0.39, 0.29) is 24.2 Å². The predicted octanol–water partition coefficient (Wildman–Crippen LogP) is 3.04. The lowest BCUT2D eigenvalue weighted by Gasteiger charge is -2.31. The molecule has 0 unspecified atom stereocenters. The van der Waals surface area contributed by atoms with Crippen LogP contribution in [0.15, 0.2) is 59.8 Å². The molecule has 0 bridgehead atoms. The van der Waals surface area contributed by atoms with Crippen LogP contribution in [0, 0.1) is 0 Å². The number of phenolic OH excluding ortho intramolecular Hbond substituents is 1. The summed E-state index contributed by atoms with van der Waals surface area (Å²) < 4.78 is 0. The van der Waals surface area contributed by atoms with Gasteiger partial charge in [-0.05, 0) is 29.8 Å². The van der Waals surface area contributed by atoms with Crippen LogP contribution in [0.3, 0.4) is 0 Å². The highest BCUT2D eigenvalue weighted by Crippen LogP contribution is 2.38. The van der Waals surface area contributed by atoms with E-state index in [1.165, 1.54) is 11.0 Å². The van der Waals surface area contributed by atoms with Gasteiger partial charge in [0.2, 0.25) is 0 Å². The van der Waals surface area contributed by atoms with Crippen LogP contribution >= 0.6 is 11.6 Å². The molecule has 3 amide bonds. The molecule has 2 N–H and O–H groups in total. The maximum Gasteiger partial charge on any atom is 0.322 e. The minimum Gasteiger partial charge on any atom is -0.508 e. The second-order valence-electron chi connectivity index (χ2n) is 6.26. The monoisotopic (exact) mass is 369 g/mol. The zero-order chi connectivity index (χ0) is 18.4. The van der Waals surface area contributed by atoms with Gasteiger partial charge in [0.15, 0.2) is 0 Å². The number of amides is 3. The van der Waals surface area contributed by atoms with Crippen LogP contribution in [-0.4, -0.2) is 35.5 Å². The molecule has 0 saturated heterocycles. The summed E-state index contributed by atoms with van der Waals surface area (Å²) in [4.78, 5) is 28.5. The number of halogens is 1. The van der Waals surface area contributed by atoms with E-state index in [0.29, 0.717) is 22.0 Å². The molecule has 2 aliphatic heterocycles. The van der Waals surface area contributed by atoms with Crippen molar-refractivity contribution in [1.29, 1.82) is 0 Å². The summed E-state index contributed by atoms with van der Waals surface area (Å²) in [6, 6.07) is 12.8. The number of carbonyl (C=O) groups excluding carboxylic acids is 2. The van der Waals surface area contributed by atoms with Crippen LogP contribution in [0.4, 0.5) is 10.5 Å². The summed E-state index contributed by atoms with van der Waals surface area (Å²) in [7, 11) is 1.64. The number of benzene rings is 2. The van der Waals surface area contributed by atoms with Gasteiger partial charge in [-0.1, -0.05) is 29.8 Å². The van der Waals surface area contributed by atoms with Crippen LogP contribution in [0.25, 0.3) is 0 Å². The SMILES string of the molecule is CN1C(=O)N[C@@H](c2ccc(Cl)cc2)C2=C1CN(c1cccc(O)c1)C2=O. The van der Waals surface area contributed by atoms with Crippen molar-refractivity contribution in [3.63, 3.8) is 0 Å². The average molecular weight is 370 g/mol. The summed E-state index contributed by atoms with van der Waals surface area (Å²) in [5, 5.41) is 13.2. The first-order valence-electron chi connectivity index (χ1n) is 8.09. The molecule has 2 aliphatic rings. The molecule has 2 aromatic carbocycles. The fourth-order valence-electron chi connectivity index (χ4n) is 3.34. The number of likely N-dealkylation sites (N-methyl/N-ethyl adjacent to an activating group) is 1. The fourth-order valence-corrected chi connectivity index (χ4v) is 3.47. The van der Waals surface area contributed by atoms with Gasteiger partial charge in [0, 0.05) is 23.8 Å². The van der Waals surface area contributed by atoms with Crippen molar-refractivity contribution in [3.8, 4) is 5.75 Å². The summed E-state index contributed by atoms with van der Waals surface area (Å²) in [6.45, 7) is 0.269. The van der Waals surface area contributed by atoms with Crippen molar-refractivity contribution < 1.29 is 14.7 Å². The van der Waals surface area contributed by atoms with Gasteiger partial charge in [-0.15, -0.1) is 0 Å². The van der Waals surface area contributed by atoms with Crippen LogP contribution in [0.1, 0.15) is 11.6 Å². The Labute approximate surface area is 155 Å². The number of carbonyl (C=O) groups is 2. The number of hydrogen-bond acceptors (Lipinski definition) is 3. The lowest BCUT2D eigenvalue weighted by Crippen LogP contribution is -2.45. The molecule has 0 aliphatic carbocycles. The lowest BCUT2D eigenvalue weighted by molar-refractivity contribution is -0.114. The number of hydrogen-bond donors (Lipinski definition) is 2. The molecule has 0 aromatic heterocycles. The van der Waals surface area contributed by atoms with Crippen LogP contribution < -0.4 is 10.2 Å². The van der Waals surface area contributed by atoms with Crippen LogP contribution in [0.2, 0.25) is 5.02 Å². The van der Waals surface area contributed by atoms with Gasteiger partial charge in [-0.25, -0.2) is 4.79 Å². The van der Waals surface area contributed by atoms with Gasteiger partial charge < -0.3 is 15.3 Å². The first-order chi connectivity index (χ1) is 12.5. The fraction of sp³-hybridized carbons (Fsp3) is 0.158. The highest BCUT2D eigenvalue weighted by Gasteiger charge is 2.43. The number of urea groups is 1. The molecule has 26 heavy (non-hydrogen) atoms. The Morgan fingerprint density at radius 3 is 2.58 bits per heavy atom. The van der Waals surface area contributed by atoms with Crippen molar-refractivity contribution in [1.82, 2.24) is 10.2 Å². The number of aromatic hydroxyl groups is 1. The largest absolute Gasteiger partial charge is 0.508 e. The van der Waals surface area contributed by atoms with E-state index in [1.807, 2.05) is 0 Å². The first kappa shape index (κ1) is 16.5. The minimum absolute atomic E-state index is 0.0805. The molecule has 7 heteroatoms. The summed E-state index contributed by atoms with van der Waals surface area (Å²) in [5.41, 5.74) is 2.55. The van der Waals surface area contributed by atoms with E-state index in [1.54, 1.807) is 54.4 Å². The smallest absolute Gasteiger partial charge is 0.322 e. The van der Waals surface area contributed by atoms with E-state index in [9.17, 15) is 14.7 Å². The second-order valence-corrected chi connectivity index (χ2v) is 6.70. The van der Waals surface area contributed by atoms with Crippen molar-refractivity contribution in [2.24, 2.45) is 0 Å². The normalized spacial score (nSPS) is 19.7. The first-order valence-corrected chi connectivity index (χ1v) is 8.47. The highest BCUT2D eigenvalue weighted by atomic mass is 35.5. The van der Waals surface area contributed by atoms with Crippen molar-refractivity contribution in [2.75, 3.05) is 18.5 Å². The molecular weight excluding hydrogens is 354 g/mol. The highest BCUT2D eigenvalue weighted by molar-refractivity contribution is 6.30. The number of anilines is 1. The Bertz CT molecular complexity index is 939. The molecule has 0 fully saturated rings. The third kappa shape index (κ3) is 2.59. The summed E-state index contributed by atoms with van der Waals surface area (Å²) >= 11 is 5.95. The van der Waals surface area contributed by atoms with E-state index in [2.05, 4.69) is 5.32 Å². The molecule has 132 valence electrons. The van der Waals surface area contributed by atoms with Gasteiger partial charge >= 0.3 is 6.03 Å². The Morgan fingerprint density at radius 2 is 1.88 bits per heavy atom. The predicted molar refractivity (Wildman–Crippen MR) is 98.0 cm³/mol. The standard InChI is InChI=1S/C19H16ClN3O3/c1-22-15-10-23(13-3-2-4-14(24)9-13)18(25)16(15)17(21-19(22)26)11-5-7-12(20)8-6-11/h2-9,17,24H,10H2,1H3,(H,21,26)/t17-/m0/s1. The number of rotatable bonds is 2. The summed E-state index contributed by atoms with van der Waals surface area (Å²) in [6.07, 6.45) is 0. The van der Waals surface area contributed by atoms with Gasteiger partial charge in [-0.3, -0.25) is 9.69 Å². The summed E-state index contributed by atoms with van der Waals surface area (Å²) in [5.74, 6) is -0.116. The van der Waals surface area contributed by atoms with Crippen molar-refractivity contribution in [3.05, 3.63) is 70.4 Å². The van der Waals surface area contributed by atoms with Crippen LogP contribution in [0.5, 0.6) is 5.75 Å². The van der Waals surface area contributed by atoms with Gasteiger partial charge in [0.05, 0.1) is 23.9 Å². The molecule has 2 heterocycles. The van der Waals surface area contributed by atoms with Crippen LogP contribution in [-0.2, 0) is 4.79 Å². The zero-order valence-corrected chi connectivity index (χ0v) is 14.7. The third-order valence-electron chi connectivity index (χ3n) is 4.71. The number of nitrogens with zero attached hydrogens (tertiary/aromatic N) is 2. The molecule has 6 nitrogen and oxygen atoms in total. The Balaban J connectivity index is 1.76.